The highest BCUT2D eigenvalue weighted by molar-refractivity contribution is 5.84. The van der Waals surface area contributed by atoms with E-state index in [1.165, 1.54) is 11.6 Å². The van der Waals surface area contributed by atoms with Gasteiger partial charge in [0.15, 0.2) is 11.6 Å². The summed E-state index contributed by atoms with van der Waals surface area (Å²) in [5.74, 6) is -1.59. The standard InChI is InChI=1S/C29H38F4N6O2/c1-19(2)37-10-8-36(9-11-37)17-22(21-5-7-25(23(30)16-21)41-29(31,32)33)28(40)39-14-12-38(13-15-39)27-26-20(3)4-6-24(26)34-18-35-27/h5,7,16,18-20,22H,4,6,8-15,17H2,1-3H3/t20?,22-/m1/s1. The van der Waals surface area contributed by atoms with E-state index in [-0.39, 0.29) is 5.91 Å². The van der Waals surface area contributed by atoms with Gasteiger partial charge >= 0.3 is 6.36 Å². The van der Waals surface area contributed by atoms with E-state index in [4.69, 9.17) is 0 Å². The van der Waals surface area contributed by atoms with E-state index in [1.807, 2.05) is 0 Å². The number of rotatable bonds is 7. The number of halogens is 4. The highest BCUT2D eigenvalue weighted by Crippen LogP contribution is 2.37. The number of piperazine rings is 2. The van der Waals surface area contributed by atoms with E-state index in [9.17, 15) is 22.4 Å². The topological polar surface area (TPSA) is 65.0 Å². The Bertz CT molecular complexity index is 1230. The van der Waals surface area contributed by atoms with Gasteiger partial charge in [-0.05, 0) is 50.3 Å². The summed E-state index contributed by atoms with van der Waals surface area (Å²) in [5, 5.41) is 0. The molecule has 41 heavy (non-hydrogen) atoms. The van der Waals surface area contributed by atoms with Gasteiger partial charge in [0.1, 0.15) is 12.1 Å². The lowest BCUT2D eigenvalue weighted by Crippen LogP contribution is -2.53. The third-order valence-corrected chi connectivity index (χ3v) is 8.60. The summed E-state index contributed by atoms with van der Waals surface area (Å²) in [4.78, 5) is 31.5. The van der Waals surface area contributed by atoms with Crippen LogP contribution in [-0.2, 0) is 11.2 Å². The van der Waals surface area contributed by atoms with Gasteiger partial charge in [-0.15, -0.1) is 13.2 Å². The number of amides is 1. The minimum absolute atomic E-state index is 0.152. The van der Waals surface area contributed by atoms with Crippen molar-refractivity contribution in [1.82, 2.24) is 24.7 Å². The van der Waals surface area contributed by atoms with Crippen molar-refractivity contribution in [2.24, 2.45) is 0 Å². The van der Waals surface area contributed by atoms with Crippen molar-refractivity contribution in [2.75, 3.05) is 63.8 Å². The molecule has 2 aliphatic heterocycles. The first-order valence-electron chi connectivity index (χ1n) is 14.4. The maximum Gasteiger partial charge on any atom is 0.573 e. The number of hydrogen-bond acceptors (Lipinski definition) is 7. The van der Waals surface area contributed by atoms with Crippen molar-refractivity contribution in [3.8, 4) is 5.75 Å². The van der Waals surface area contributed by atoms with Crippen LogP contribution in [0.15, 0.2) is 24.5 Å². The predicted molar refractivity (Wildman–Crippen MR) is 147 cm³/mol. The second-order valence-corrected chi connectivity index (χ2v) is 11.5. The number of aryl methyl sites for hydroxylation is 1. The molecule has 1 unspecified atom stereocenters. The van der Waals surface area contributed by atoms with Gasteiger partial charge < -0.3 is 14.5 Å². The van der Waals surface area contributed by atoms with Gasteiger partial charge in [0.05, 0.1) is 5.92 Å². The third kappa shape index (κ3) is 6.74. The number of anilines is 1. The fourth-order valence-corrected chi connectivity index (χ4v) is 6.22. The molecule has 0 saturated carbocycles. The van der Waals surface area contributed by atoms with Gasteiger partial charge in [-0.2, -0.15) is 0 Å². The summed E-state index contributed by atoms with van der Waals surface area (Å²) >= 11 is 0. The average molecular weight is 579 g/mol. The third-order valence-electron chi connectivity index (χ3n) is 8.60. The Hall–Kier alpha value is -2.99. The van der Waals surface area contributed by atoms with E-state index in [0.717, 1.165) is 62.7 Å². The van der Waals surface area contributed by atoms with Crippen LogP contribution in [-0.4, -0.2) is 102 Å². The van der Waals surface area contributed by atoms with Crippen LogP contribution in [0.1, 0.15) is 55.8 Å². The van der Waals surface area contributed by atoms with Crippen LogP contribution in [0.2, 0.25) is 0 Å². The van der Waals surface area contributed by atoms with Gasteiger partial charge in [0, 0.05) is 76.2 Å². The monoisotopic (exact) mass is 578 g/mol. The Kier molecular flexibility index (Phi) is 8.70. The average Bonchev–Trinajstić information content (AvgIpc) is 3.33. The SMILES string of the molecule is CC1CCc2ncnc(N3CCN(C(=O)[C@H](CN4CCN(C(C)C)CC4)c4ccc(OC(F)(F)F)c(F)c4)CC3)c21. The zero-order valence-electron chi connectivity index (χ0n) is 23.8. The van der Waals surface area contributed by atoms with Crippen LogP contribution in [0.3, 0.4) is 0 Å². The number of nitrogens with zero attached hydrogens (tertiary/aromatic N) is 6. The molecule has 0 radical (unpaired) electrons. The van der Waals surface area contributed by atoms with Crippen LogP contribution >= 0.6 is 0 Å². The van der Waals surface area contributed by atoms with Crippen molar-refractivity contribution in [2.45, 2.75) is 57.9 Å². The number of hydrogen-bond donors (Lipinski definition) is 0. The molecule has 2 aromatic rings. The van der Waals surface area contributed by atoms with Crippen molar-refractivity contribution in [1.29, 1.82) is 0 Å². The number of ether oxygens (including phenoxy) is 1. The first-order valence-corrected chi connectivity index (χ1v) is 14.4. The highest BCUT2D eigenvalue weighted by Gasteiger charge is 2.35. The van der Waals surface area contributed by atoms with Gasteiger partial charge in [0.25, 0.3) is 0 Å². The number of fused-ring (bicyclic) bond motifs is 1. The smallest absolute Gasteiger partial charge is 0.403 e. The molecule has 3 aliphatic rings. The van der Waals surface area contributed by atoms with Crippen LogP contribution < -0.4 is 9.64 Å². The van der Waals surface area contributed by atoms with Crippen LogP contribution in [0.25, 0.3) is 0 Å². The molecule has 5 rings (SSSR count). The normalized spacial score (nSPS) is 21.3. The fraction of sp³-hybridized carbons (Fsp3) is 0.621. The predicted octanol–water partition coefficient (Wildman–Crippen LogP) is 4.02. The molecule has 3 heterocycles. The van der Waals surface area contributed by atoms with E-state index >= 15 is 0 Å². The number of alkyl halides is 3. The molecule has 2 fully saturated rings. The molecular weight excluding hydrogens is 540 g/mol. The van der Waals surface area contributed by atoms with Gasteiger partial charge in [-0.3, -0.25) is 14.6 Å². The molecule has 0 bridgehead atoms. The molecule has 1 aromatic heterocycles. The molecule has 1 aliphatic carbocycles. The summed E-state index contributed by atoms with van der Waals surface area (Å²) < 4.78 is 56.8. The van der Waals surface area contributed by atoms with Crippen molar-refractivity contribution >= 4 is 11.7 Å². The quantitative estimate of drug-likeness (QED) is 0.460. The molecule has 8 nitrogen and oxygen atoms in total. The molecule has 2 atom stereocenters. The van der Waals surface area contributed by atoms with Crippen molar-refractivity contribution in [3.63, 3.8) is 0 Å². The second kappa shape index (κ2) is 12.1. The number of carbonyl (C=O) groups excluding carboxylic acids is 1. The van der Waals surface area contributed by atoms with E-state index in [0.29, 0.717) is 50.2 Å². The Balaban J connectivity index is 1.32. The van der Waals surface area contributed by atoms with Gasteiger partial charge in [0.2, 0.25) is 5.91 Å². The number of aromatic nitrogens is 2. The molecule has 0 spiro atoms. The lowest BCUT2D eigenvalue weighted by molar-refractivity contribution is -0.275. The van der Waals surface area contributed by atoms with Crippen molar-refractivity contribution < 1.29 is 27.1 Å². The maximum atomic E-state index is 14.8. The minimum Gasteiger partial charge on any atom is -0.403 e. The van der Waals surface area contributed by atoms with Crippen LogP contribution in [0.4, 0.5) is 23.4 Å². The van der Waals surface area contributed by atoms with Crippen molar-refractivity contribution in [3.05, 3.63) is 47.2 Å². The fourth-order valence-electron chi connectivity index (χ4n) is 6.22. The van der Waals surface area contributed by atoms with E-state index < -0.39 is 23.8 Å². The Morgan fingerprint density at radius 2 is 1.76 bits per heavy atom. The lowest BCUT2D eigenvalue weighted by atomic mass is 9.95. The summed E-state index contributed by atoms with van der Waals surface area (Å²) in [7, 11) is 0. The summed E-state index contributed by atoms with van der Waals surface area (Å²) in [5.41, 5.74) is 2.64. The largest absolute Gasteiger partial charge is 0.573 e. The summed E-state index contributed by atoms with van der Waals surface area (Å²) in [6.45, 7) is 12.2. The highest BCUT2D eigenvalue weighted by atomic mass is 19.4. The number of carbonyl (C=O) groups is 1. The first kappa shape index (κ1) is 29.5. The van der Waals surface area contributed by atoms with Gasteiger partial charge in [-0.25, -0.2) is 14.4 Å². The molecule has 224 valence electrons. The lowest BCUT2D eigenvalue weighted by Gasteiger charge is -2.40. The Morgan fingerprint density at radius 3 is 2.39 bits per heavy atom. The molecule has 1 aromatic carbocycles. The maximum absolute atomic E-state index is 14.8. The van der Waals surface area contributed by atoms with Crippen LogP contribution in [0.5, 0.6) is 5.75 Å². The minimum atomic E-state index is -5.01. The van der Waals surface area contributed by atoms with Crippen LogP contribution in [0, 0.1) is 5.82 Å². The molecule has 0 N–H and O–H groups in total. The van der Waals surface area contributed by atoms with E-state index in [2.05, 4.69) is 50.2 Å². The Labute approximate surface area is 238 Å². The van der Waals surface area contributed by atoms with E-state index in [1.54, 1.807) is 11.2 Å². The zero-order chi connectivity index (χ0) is 29.3. The Morgan fingerprint density at radius 1 is 1.05 bits per heavy atom. The zero-order valence-corrected chi connectivity index (χ0v) is 23.8. The summed E-state index contributed by atoms with van der Waals surface area (Å²) in [6.07, 6.45) is -1.40. The molecule has 12 heteroatoms. The second-order valence-electron chi connectivity index (χ2n) is 11.5. The molecule has 2 saturated heterocycles. The summed E-state index contributed by atoms with van der Waals surface area (Å²) in [6, 6.07) is 3.76. The first-order chi connectivity index (χ1) is 19.5. The van der Waals surface area contributed by atoms with Gasteiger partial charge in [-0.1, -0.05) is 13.0 Å². The molecule has 1 amide bonds. The molecular formula is C29H38F4N6O2. The number of benzene rings is 1.